The number of fused-ring (bicyclic) bond motifs is 2. The number of benzene rings is 2. The van der Waals surface area contributed by atoms with Crippen molar-refractivity contribution in [3.05, 3.63) is 70.5 Å². The number of pyridine rings is 1. The molecule has 2 aromatic carbocycles. The van der Waals surface area contributed by atoms with Gasteiger partial charge in [-0.25, -0.2) is 0 Å². The normalized spacial score (nSPS) is 15.2. The minimum absolute atomic E-state index is 0.0205. The number of H-pyrrole nitrogens is 1. The highest BCUT2D eigenvalue weighted by Crippen LogP contribution is 2.30. The first-order chi connectivity index (χ1) is 13.1. The molecule has 0 saturated carbocycles. The van der Waals surface area contributed by atoms with E-state index in [1.807, 2.05) is 0 Å². The van der Waals surface area contributed by atoms with Crippen molar-refractivity contribution in [3.8, 4) is 11.5 Å². The van der Waals surface area contributed by atoms with Gasteiger partial charge in [0.1, 0.15) is 6.61 Å². The number of aromatic amines is 1. The van der Waals surface area contributed by atoms with Crippen molar-refractivity contribution in [3.63, 3.8) is 0 Å². The van der Waals surface area contributed by atoms with Gasteiger partial charge in [0.25, 0.3) is 11.8 Å². The number of rotatable bonds is 2. The molecule has 1 aromatic heterocycles. The van der Waals surface area contributed by atoms with E-state index >= 15 is 0 Å². The minimum atomic E-state index is -0.906. The van der Waals surface area contributed by atoms with Crippen molar-refractivity contribution < 1.29 is 19.1 Å². The summed E-state index contributed by atoms with van der Waals surface area (Å²) in [5.41, 5.74) is 4.89. The predicted molar refractivity (Wildman–Crippen MR) is 96.5 cm³/mol. The van der Waals surface area contributed by atoms with E-state index in [1.54, 1.807) is 48.5 Å². The highest BCUT2D eigenvalue weighted by Gasteiger charge is 2.27. The number of amides is 2. The maximum atomic E-state index is 12.4. The van der Waals surface area contributed by atoms with Crippen LogP contribution in [0.15, 0.2) is 59.4 Å². The van der Waals surface area contributed by atoms with Gasteiger partial charge in [0.2, 0.25) is 11.7 Å². The van der Waals surface area contributed by atoms with Crippen molar-refractivity contribution >= 4 is 22.7 Å². The van der Waals surface area contributed by atoms with Gasteiger partial charge in [-0.15, -0.1) is 0 Å². The molecular formula is C19H15N3O5. The number of carbonyl (C=O) groups is 2. The topological polar surface area (TPSA) is 110 Å². The van der Waals surface area contributed by atoms with E-state index < -0.39 is 23.5 Å². The first-order valence-electron chi connectivity index (χ1n) is 8.22. The fourth-order valence-corrected chi connectivity index (χ4v) is 2.81. The molecular weight excluding hydrogens is 350 g/mol. The average molecular weight is 365 g/mol. The number of hydrazine groups is 1. The second kappa shape index (κ2) is 6.83. The van der Waals surface area contributed by atoms with E-state index in [0.29, 0.717) is 22.4 Å². The maximum absolute atomic E-state index is 12.4. The fraction of sp³-hybridized carbons (Fsp3) is 0.105. The van der Waals surface area contributed by atoms with Gasteiger partial charge < -0.3 is 14.5 Å². The Bertz CT molecular complexity index is 1090. The molecule has 3 N–H and O–H groups in total. The number of para-hydroxylation sites is 3. The van der Waals surface area contributed by atoms with Gasteiger partial charge in [-0.3, -0.25) is 25.2 Å². The third-order valence-corrected chi connectivity index (χ3v) is 4.10. The first kappa shape index (κ1) is 16.6. The molecule has 0 radical (unpaired) electrons. The summed E-state index contributed by atoms with van der Waals surface area (Å²) in [6.45, 7) is 0.0205. The molecule has 27 heavy (non-hydrogen) atoms. The molecule has 0 spiro atoms. The lowest BCUT2D eigenvalue weighted by atomic mass is 10.1. The van der Waals surface area contributed by atoms with Crippen LogP contribution in [-0.4, -0.2) is 29.5 Å². The Morgan fingerprint density at radius 1 is 1.00 bits per heavy atom. The van der Waals surface area contributed by atoms with Gasteiger partial charge in [0.05, 0.1) is 5.56 Å². The molecule has 8 nitrogen and oxygen atoms in total. The molecule has 3 aromatic rings. The fourth-order valence-electron chi connectivity index (χ4n) is 2.81. The number of ether oxygens (including phenoxy) is 2. The third kappa shape index (κ3) is 3.32. The van der Waals surface area contributed by atoms with E-state index in [0.717, 1.165) is 0 Å². The van der Waals surface area contributed by atoms with Gasteiger partial charge in [0.15, 0.2) is 11.5 Å². The molecule has 1 aliphatic heterocycles. The largest absolute Gasteiger partial charge is 0.485 e. The highest BCUT2D eigenvalue weighted by molar-refractivity contribution is 6.06. The van der Waals surface area contributed by atoms with Gasteiger partial charge in [-0.05, 0) is 18.2 Å². The lowest BCUT2D eigenvalue weighted by molar-refractivity contribution is -0.131. The van der Waals surface area contributed by atoms with Crippen LogP contribution in [0, 0.1) is 0 Å². The highest BCUT2D eigenvalue weighted by atomic mass is 16.6. The lowest BCUT2D eigenvalue weighted by Gasteiger charge is -2.25. The SMILES string of the molecule is O=C(NNC(=O)C1COc2ccccc2O1)c1cc(=O)[nH]c2ccccc12. The number of hydrogen-bond donors (Lipinski definition) is 3. The van der Waals surface area contributed by atoms with E-state index in [2.05, 4.69) is 15.8 Å². The van der Waals surface area contributed by atoms with Gasteiger partial charge in [0, 0.05) is 17.0 Å². The molecule has 1 unspecified atom stereocenters. The summed E-state index contributed by atoms with van der Waals surface area (Å²) in [5.74, 6) is -0.161. The monoisotopic (exact) mass is 365 g/mol. The van der Waals surface area contributed by atoms with Crippen LogP contribution in [0.2, 0.25) is 0 Å². The molecule has 1 aliphatic rings. The molecule has 1 atom stereocenters. The predicted octanol–water partition coefficient (Wildman–Crippen LogP) is 1.13. The number of carbonyl (C=O) groups excluding carboxylic acids is 2. The molecule has 8 heteroatoms. The van der Waals surface area contributed by atoms with Gasteiger partial charge in [-0.1, -0.05) is 30.3 Å². The number of aromatic nitrogens is 1. The summed E-state index contributed by atoms with van der Waals surface area (Å²) < 4.78 is 11.1. The van der Waals surface area contributed by atoms with Gasteiger partial charge in [-0.2, -0.15) is 0 Å². The Balaban J connectivity index is 1.46. The Morgan fingerprint density at radius 2 is 1.74 bits per heavy atom. The Labute approximate surface area is 153 Å². The zero-order valence-corrected chi connectivity index (χ0v) is 14.0. The quantitative estimate of drug-likeness (QED) is 0.590. The van der Waals surface area contributed by atoms with Crippen molar-refractivity contribution in [2.24, 2.45) is 0 Å². The van der Waals surface area contributed by atoms with Crippen molar-refractivity contribution in [1.29, 1.82) is 0 Å². The van der Waals surface area contributed by atoms with Crippen LogP contribution in [0.25, 0.3) is 10.9 Å². The Hall–Kier alpha value is -3.81. The molecule has 0 aliphatic carbocycles. The second-order valence-corrected chi connectivity index (χ2v) is 5.90. The number of nitrogens with one attached hydrogen (secondary N) is 3. The minimum Gasteiger partial charge on any atom is -0.485 e. The van der Waals surface area contributed by atoms with E-state index in [9.17, 15) is 14.4 Å². The lowest BCUT2D eigenvalue weighted by Crippen LogP contribution is -2.51. The molecule has 0 saturated heterocycles. The van der Waals surface area contributed by atoms with Crippen molar-refractivity contribution in [2.45, 2.75) is 6.10 Å². The smallest absolute Gasteiger partial charge is 0.283 e. The van der Waals surface area contributed by atoms with E-state index in [-0.39, 0.29) is 12.2 Å². The molecule has 2 amide bonds. The summed E-state index contributed by atoms with van der Waals surface area (Å²) in [6.07, 6.45) is -0.906. The molecule has 4 rings (SSSR count). The van der Waals surface area contributed by atoms with Crippen molar-refractivity contribution in [2.75, 3.05) is 6.61 Å². The Morgan fingerprint density at radius 3 is 2.59 bits per heavy atom. The van der Waals surface area contributed by atoms with Crippen molar-refractivity contribution in [1.82, 2.24) is 15.8 Å². The maximum Gasteiger partial charge on any atom is 0.283 e. The molecule has 136 valence electrons. The van der Waals surface area contributed by atoms with Crippen LogP contribution in [-0.2, 0) is 4.79 Å². The zero-order valence-electron chi connectivity index (χ0n) is 14.0. The second-order valence-electron chi connectivity index (χ2n) is 5.90. The van der Waals surface area contributed by atoms with E-state index in [4.69, 9.17) is 9.47 Å². The average Bonchev–Trinajstić information content (AvgIpc) is 2.70. The van der Waals surface area contributed by atoms with E-state index in [1.165, 1.54) is 6.07 Å². The number of hydrogen-bond acceptors (Lipinski definition) is 5. The summed E-state index contributed by atoms with van der Waals surface area (Å²) >= 11 is 0. The molecule has 2 heterocycles. The van der Waals surface area contributed by atoms with Crippen LogP contribution in [0.1, 0.15) is 10.4 Å². The Kier molecular flexibility index (Phi) is 4.21. The van der Waals surface area contributed by atoms with Crippen LogP contribution in [0.4, 0.5) is 0 Å². The first-order valence-corrected chi connectivity index (χ1v) is 8.22. The van der Waals surface area contributed by atoms with Crippen LogP contribution < -0.4 is 25.9 Å². The summed E-state index contributed by atoms with van der Waals surface area (Å²) in [6, 6.07) is 15.1. The van der Waals surface area contributed by atoms with Crippen LogP contribution >= 0.6 is 0 Å². The van der Waals surface area contributed by atoms with Gasteiger partial charge >= 0.3 is 0 Å². The summed E-state index contributed by atoms with van der Waals surface area (Å²) in [4.78, 5) is 39.1. The third-order valence-electron chi connectivity index (χ3n) is 4.10. The zero-order chi connectivity index (χ0) is 18.8. The summed E-state index contributed by atoms with van der Waals surface area (Å²) in [7, 11) is 0. The van der Waals surface area contributed by atoms with Crippen LogP contribution in [0.3, 0.4) is 0 Å². The molecule has 0 bridgehead atoms. The van der Waals surface area contributed by atoms with Crippen LogP contribution in [0.5, 0.6) is 11.5 Å². The standard InChI is InChI=1S/C19H15N3O5/c23-17-9-12(11-5-1-2-6-13(11)20-17)18(24)21-22-19(25)16-10-26-14-7-3-4-8-15(14)27-16/h1-9,16H,10H2,(H,20,23)(H,21,24)(H,22,25). The molecule has 0 fully saturated rings. The summed E-state index contributed by atoms with van der Waals surface area (Å²) in [5, 5.41) is 0.565.